The van der Waals surface area contributed by atoms with Gasteiger partial charge in [-0.05, 0) is 48.7 Å². The molecule has 128 valence electrons. The van der Waals surface area contributed by atoms with Crippen LogP contribution in [0.25, 0.3) is 16.7 Å². The lowest BCUT2D eigenvalue weighted by Gasteiger charge is -2.30. The number of anilines is 2. The van der Waals surface area contributed by atoms with Crippen LogP contribution < -0.4 is 4.90 Å². The Morgan fingerprint density at radius 3 is 2.69 bits per heavy atom. The molecule has 5 nitrogen and oxygen atoms in total. The van der Waals surface area contributed by atoms with Gasteiger partial charge in [-0.15, -0.1) is 0 Å². The standard InChI is InChI=1S/C20H16FN5/c21-15-7-9-16(10-8-15)26-20-17(12-24-26)19(22-13-23-20)25-11-3-5-14-4-1-2-6-18(14)25/h1-2,4,6-10,12-13H,3,5,11H2. The van der Waals surface area contributed by atoms with E-state index in [1.165, 1.54) is 23.4 Å². The largest absolute Gasteiger partial charge is 0.325 e. The molecule has 0 N–H and O–H groups in total. The average molecular weight is 345 g/mol. The molecule has 0 unspecified atom stereocenters. The van der Waals surface area contributed by atoms with Crippen molar-refractivity contribution in [2.45, 2.75) is 12.8 Å². The Morgan fingerprint density at radius 2 is 1.81 bits per heavy atom. The zero-order valence-corrected chi connectivity index (χ0v) is 14.0. The minimum Gasteiger partial charge on any atom is -0.325 e. The highest BCUT2D eigenvalue weighted by molar-refractivity contribution is 5.90. The maximum absolute atomic E-state index is 13.2. The molecule has 4 aromatic rings. The first-order valence-corrected chi connectivity index (χ1v) is 8.61. The van der Waals surface area contributed by atoms with Crippen molar-refractivity contribution in [2.75, 3.05) is 11.4 Å². The van der Waals surface area contributed by atoms with Gasteiger partial charge in [0.2, 0.25) is 0 Å². The van der Waals surface area contributed by atoms with Crippen molar-refractivity contribution in [1.29, 1.82) is 0 Å². The summed E-state index contributed by atoms with van der Waals surface area (Å²) < 4.78 is 14.9. The Labute approximate surface area is 149 Å². The van der Waals surface area contributed by atoms with Crippen LogP contribution in [0.1, 0.15) is 12.0 Å². The molecular weight excluding hydrogens is 329 g/mol. The van der Waals surface area contributed by atoms with Gasteiger partial charge in [0, 0.05) is 12.2 Å². The molecule has 1 aliphatic heterocycles. The molecule has 1 aliphatic rings. The van der Waals surface area contributed by atoms with Crippen molar-refractivity contribution in [1.82, 2.24) is 19.7 Å². The van der Waals surface area contributed by atoms with Crippen LogP contribution >= 0.6 is 0 Å². The predicted molar refractivity (Wildman–Crippen MR) is 98.4 cm³/mol. The molecule has 0 saturated carbocycles. The highest BCUT2D eigenvalue weighted by Crippen LogP contribution is 2.35. The third kappa shape index (κ3) is 2.34. The summed E-state index contributed by atoms with van der Waals surface area (Å²) >= 11 is 0. The molecular formula is C20H16FN5. The summed E-state index contributed by atoms with van der Waals surface area (Å²) in [6.07, 6.45) is 5.51. The highest BCUT2D eigenvalue weighted by Gasteiger charge is 2.22. The zero-order valence-electron chi connectivity index (χ0n) is 14.0. The van der Waals surface area contributed by atoms with E-state index in [0.29, 0.717) is 5.65 Å². The predicted octanol–water partition coefficient (Wildman–Crippen LogP) is 4.04. The molecule has 0 radical (unpaired) electrons. The Bertz CT molecular complexity index is 1090. The van der Waals surface area contributed by atoms with Gasteiger partial charge >= 0.3 is 0 Å². The van der Waals surface area contributed by atoms with Crippen LogP contribution in [0.3, 0.4) is 0 Å². The smallest absolute Gasteiger partial charge is 0.168 e. The zero-order chi connectivity index (χ0) is 17.5. The first-order valence-electron chi connectivity index (χ1n) is 8.61. The second-order valence-corrected chi connectivity index (χ2v) is 6.35. The number of para-hydroxylation sites is 1. The lowest BCUT2D eigenvalue weighted by molar-refractivity contribution is 0.627. The second kappa shape index (κ2) is 5.91. The van der Waals surface area contributed by atoms with E-state index in [1.807, 2.05) is 0 Å². The lowest BCUT2D eigenvalue weighted by Crippen LogP contribution is -2.25. The van der Waals surface area contributed by atoms with Crippen molar-refractivity contribution in [3.8, 4) is 5.69 Å². The van der Waals surface area contributed by atoms with Crippen LogP contribution in [0.4, 0.5) is 15.9 Å². The van der Waals surface area contributed by atoms with E-state index in [1.54, 1.807) is 29.3 Å². The number of aromatic nitrogens is 4. The van der Waals surface area contributed by atoms with Gasteiger partial charge in [-0.3, -0.25) is 0 Å². The molecule has 6 heteroatoms. The minimum atomic E-state index is -0.273. The van der Waals surface area contributed by atoms with Crippen molar-refractivity contribution in [3.63, 3.8) is 0 Å². The van der Waals surface area contributed by atoms with E-state index in [0.717, 1.165) is 36.3 Å². The molecule has 0 bridgehead atoms. The SMILES string of the molecule is Fc1ccc(-n2ncc3c(N4CCCc5ccccc54)ncnc32)cc1. The van der Waals surface area contributed by atoms with E-state index in [2.05, 4.69) is 44.2 Å². The summed E-state index contributed by atoms with van der Waals surface area (Å²) in [5.41, 5.74) is 4.00. The average Bonchev–Trinajstić information content (AvgIpc) is 3.12. The van der Waals surface area contributed by atoms with Crippen LogP contribution in [0, 0.1) is 5.82 Å². The molecule has 26 heavy (non-hydrogen) atoms. The highest BCUT2D eigenvalue weighted by atomic mass is 19.1. The second-order valence-electron chi connectivity index (χ2n) is 6.35. The van der Waals surface area contributed by atoms with Crippen LogP contribution in [-0.2, 0) is 6.42 Å². The van der Waals surface area contributed by atoms with Crippen LogP contribution in [0.15, 0.2) is 61.1 Å². The number of aryl methyl sites for hydroxylation is 1. The van der Waals surface area contributed by atoms with Crippen molar-refractivity contribution < 1.29 is 4.39 Å². The summed E-state index contributed by atoms with van der Waals surface area (Å²) in [6, 6.07) is 14.7. The normalized spacial score (nSPS) is 13.8. The Morgan fingerprint density at radius 1 is 0.962 bits per heavy atom. The van der Waals surface area contributed by atoms with E-state index >= 15 is 0 Å². The number of hydrogen-bond donors (Lipinski definition) is 0. The van der Waals surface area contributed by atoms with Gasteiger partial charge in [0.05, 0.1) is 17.3 Å². The van der Waals surface area contributed by atoms with E-state index < -0.39 is 0 Å². The fraction of sp³-hybridized carbons (Fsp3) is 0.150. The first kappa shape index (κ1) is 15.0. The van der Waals surface area contributed by atoms with Crippen LogP contribution in [0.5, 0.6) is 0 Å². The van der Waals surface area contributed by atoms with Gasteiger partial charge < -0.3 is 4.90 Å². The quantitative estimate of drug-likeness (QED) is 0.550. The topological polar surface area (TPSA) is 46.8 Å². The van der Waals surface area contributed by atoms with E-state index in [9.17, 15) is 4.39 Å². The number of fused-ring (bicyclic) bond motifs is 2. The lowest BCUT2D eigenvalue weighted by atomic mass is 10.0. The van der Waals surface area contributed by atoms with Crippen molar-refractivity contribution in [2.24, 2.45) is 0 Å². The Balaban J connectivity index is 1.66. The van der Waals surface area contributed by atoms with Gasteiger partial charge in [0.1, 0.15) is 18.0 Å². The number of nitrogens with zero attached hydrogens (tertiary/aromatic N) is 5. The molecule has 0 atom stereocenters. The Hall–Kier alpha value is -3.28. The maximum atomic E-state index is 13.2. The molecule has 2 aromatic heterocycles. The number of halogens is 1. The molecule has 0 saturated heterocycles. The van der Waals surface area contributed by atoms with Crippen LogP contribution in [-0.4, -0.2) is 26.3 Å². The van der Waals surface area contributed by atoms with Crippen LogP contribution in [0.2, 0.25) is 0 Å². The molecule has 3 heterocycles. The molecule has 0 aliphatic carbocycles. The maximum Gasteiger partial charge on any atom is 0.168 e. The van der Waals surface area contributed by atoms with Gasteiger partial charge in [-0.2, -0.15) is 5.10 Å². The van der Waals surface area contributed by atoms with E-state index in [-0.39, 0.29) is 5.82 Å². The molecule has 0 fully saturated rings. The van der Waals surface area contributed by atoms with Crippen molar-refractivity contribution in [3.05, 3.63) is 72.4 Å². The minimum absolute atomic E-state index is 0.273. The third-order valence-electron chi connectivity index (χ3n) is 4.78. The molecule has 2 aromatic carbocycles. The summed E-state index contributed by atoms with van der Waals surface area (Å²) in [4.78, 5) is 11.2. The Kier molecular flexibility index (Phi) is 3.41. The monoisotopic (exact) mass is 345 g/mol. The summed E-state index contributed by atoms with van der Waals surface area (Å²) in [7, 11) is 0. The number of rotatable bonds is 2. The molecule has 0 spiro atoms. The van der Waals surface area contributed by atoms with Gasteiger partial charge in [0.25, 0.3) is 0 Å². The van der Waals surface area contributed by atoms with E-state index in [4.69, 9.17) is 0 Å². The fourth-order valence-corrected chi connectivity index (χ4v) is 3.57. The third-order valence-corrected chi connectivity index (χ3v) is 4.78. The summed E-state index contributed by atoms with van der Waals surface area (Å²) in [5, 5.41) is 5.35. The number of hydrogen-bond acceptors (Lipinski definition) is 4. The summed E-state index contributed by atoms with van der Waals surface area (Å²) in [5.74, 6) is 0.584. The van der Waals surface area contributed by atoms with Gasteiger partial charge in [-0.1, -0.05) is 18.2 Å². The summed E-state index contributed by atoms with van der Waals surface area (Å²) in [6.45, 7) is 0.908. The first-order chi connectivity index (χ1) is 12.8. The number of benzene rings is 2. The molecule has 5 rings (SSSR count). The molecule has 0 amide bonds. The van der Waals surface area contributed by atoms with Gasteiger partial charge in [0.15, 0.2) is 5.65 Å². The van der Waals surface area contributed by atoms with Gasteiger partial charge in [-0.25, -0.2) is 19.0 Å². The van der Waals surface area contributed by atoms with Crippen molar-refractivity contribution >= 4 is 22.5 Å². The fourth-order valence-electron chi connectivity index (χ4n) is 3.57.